The summed E-state index contributed by atoms with van der Waals surface area (Å²) in [4.78, 5) is 4.68. The molecule has 4 nitrogen and oxygen atoms in total. The molecule has 1 aromatic heterocycles. The van der Waals surface area contributed by atoms with Gasteiger partial charge in [0.05, 0.1) is 13.1 Å². The maximum Gasteiger partial charge on any atom is 0.120 e. The first kappa shape index (κ1) is 16.2. The molecule has 0 unspecified atom stereocenters. The van der Waals surface area contributed by atoms with Gasteiger partial charge in [0, 0.05) is 13.1 Å². The summed E-state index contributed by atoms with van der Waals surface area (Å²) in [6.07, 6.45) is 1.18. The van der Waals surface area contributed by atoms with Gasteiger partial charge in [0.15, 0.2) is 0 Å². The number of likely N-dealkylation sites (N-methyl/N-ethyl adjacent to an activating group) is 1. The van der Waals surface area contributed by atoms with Crippen LogP contribution in [-0.4, -0.2) is 50.6 Å². The average Bonchev–Trinajstić information content (AvgIpc) is 2.67. The molecule has 0 amide bonds. The lowest BCUT2D eigenvalue weighted by molar-refractivity contribution is 0.216. The quantitative estimate of drug-likeness (QED) is 0.742. The van der Waals surface area contributed by atoms with Gasteiger partial charge in [-0.25, -0.2) is 0 Å². The van der Waals surface area contributed by atoms with Crippen LogP contribution < -0.4 is 5.32 Å². The Morgan fingerprint density at radius 1 is 1.21 bits per heavy atom. The van der Waals surface area contributed by atoms with Crippen LogP contribution in [0.25, 0.3) is 0 Å². The van der Waals surface area contributed by atoms with Crippen molar-refractivity contribution in [3.05, 3.63) is 23.2 Å². The maximum absolute atomic E-state index is 5.92. The Morgan fingerprint density at radius 2 is 1.95 bits per heavy atom. The fourth-order valence-electron chi connectivity index (χ4n) is 2.15. The number of furan rings is 1. The Balaban J connectivity index is 2.59. The standard InChI is InChI=1S/C15H29N3O/c1-6-7-18(9-8-17(4)5)12-14-10-13(2)15(19-14)11-16-3/h10,16H,6-9,11-12H2,1-5H3. The molecule has 0 aliphatic carbocycles. The molecule has 0 radical (unpaired) electrons. The molecular weight excluding hydrogens is 238 g/mol. The zero-order valence-electron chi connectivity index (χ0n) is 13.1. The summed E-state index contributed by atoms with van der Waals surface area (Å²) in [6, 6.07) is 2.17. The third kappa shape index (κ3) is 5.76. The SMILES string of the molecule is CCCN(CCN(C)C)Cc1cc(C)c(CNC)o1. The lowest BCUT2D eigenvalue weighted by Gasteiger charge is -2.22. The molecule has 0 aromatic carbocycles. The predicted molar refractivity (Wildman–Crippen MR) is 80.3 cm³/mol. The van der Waals surface area contributed by atoms with Crippen molar-refractivity contribution in [3.63, 3.8) is 0 Å². The fourth-order valence-corrected chi connectivity index (χ4v) is 2.15. The minimum Gasteiger partial charge on any atom is -0.463 e. The average molecular weight is 267 g/mol. The van der Waals surface area contributed by atoms with Gasteiger partial charge in [0.1, 0.15) is 11.5 Å². The molecule has 0 fully saturated rings. The van der Waals surface area contributed by atoms with Gasteiger partial charge in [-0.1, -0.05) is 6.92 Å². The van der Waals surface area contributed by atoms with Gasteiger partial charge in [0.25, 0.3) is 0 Å². The summed E-state index contributed by atoms with van der Waals surface area (Å²) in [5.74, 6) is 2.14. The number of hydrogen-bond acceptors (Lipinski definition) is 4. The molecule has 0 bridgehead atoms. The van der Waals surface area contributed by atoms with Crippen molar-refractivity contribution < 1.29 is 4.42 Å². The lowest BCUT2D eigenvalue weighted by atomic mass is 10.2. The predicted octanol–water partition coefficient (Wildman–Crippen LogP) is 2.08. The van der Waals surface area contributed by atoms with E-state index in [0.29, 0.717) is 0 Å². The lowest BCUT2D eigenvalue weighted by Crippen LogP contribution is -2.31. The third-order valence-corrected chi connectivity index (χ3v) is 3.19. The van der Waals surface area contributed by atoms with Crippen molar-refractivity contribution in [2.24, 2.45) is 0 Å². The summed E-state index contributed by atoms with van der Waals surface area (Å²) in [7, 11) is 6.18. The third-order valence-electron chi connectivity index (χ3n) is 3.19. The molecule has 110 valence electrons. The number of aryl methyl sites for hydroxylation is 1. The van der Waals surface area contributed by atoms with E-state index < -0.39 is 0 Å². The van der Waals surface area contributed by atoms with Crippen molar-refractivity contribution in [1.29, 1.82) is 0 Å². The molecule has 1 heterocycles. The zero-order chi connectivity index (χ0) is 14.3. The molecular formula is C15H29N3O. The van der Waals surface area contributed by atoms with Gasteiger partial charge in [-0.05, 0) is 52.7 Å². The second-order valence-electron chi connectivity index (χ2n) is 5.43. The molecule has 4 heteroatoms. The summed E-state index contributed by atoms with van der Waals surface area (Å²) >= 11 is 0. The van der Waals surface area contributed by atoms with E-state index in [4.69, 9.17) is 4.42 Å². The summed E-state index contributed by atoms with van der Waals surface area (Å²) in [6.45, 7) is 9.34. The highest BCUT2D eigenvalue weighted by molar-refractivity contribution is 5.20. The zero-order valence-corrected chi connectivity index (χ0v) is 13.1. The van der Waals surface area contributed by atoms with Crippen LogP contribution in [0, 0.1) is 6.92 Å². The highest BCUT2D eigenvalue weighted by Gasteiger charge is 2.11. The van der Waals surface area contributed by atoms with E-state index in [2.05, 4.69) is 49.1 Å². The first-order chi connectivity index (χ1) is 9.06. The Bertz CT molecular complexity index is 360. The van der Waals surface area contributed by atoms with E-state index in [0.717, 1.165) is 44.2 Å². The smallest absolute Gasteiger partial charge is 0.120 e. The molecule has 1 aromatic rings. The van der Waals surface area contributed by atoms with Crippen molar-refractivity contribution >= 4 is 0 Å². The van der Waals surface area contributed by atoms with Crippen molar-refractivity contribution in [2.45, 2.75) is 33.4 Å². The highest BCUT2D eigenvalue weighted by Crippen LogP contribution is 2.16. The van der Waals surface area contributed by atoms with Crippen LogP contribution in [0.2, 0.25) is 0 Å². The first-order valence-electron chi connectivity index (χ1n) is 7.16. The molecule has 0 aliphatic heterocycles. The van der Waals surface area contributed by atoms with E-state index in [-0.39, 0.29) is 0 Å². The van der Waals surface area contributed by atoms with Gasteiger partial charge >= 0.3 is 0 Å². The van der Waals surface area contributed by atoms with Crippen LogP contribution in [-0.2, 0) is 13.1 Å². The molecule has 0 aliphatic rings. The number of hydrogen-bond donors (Lipinski definition) is 1. The van der Waals surface area contributed by atoms with Crippen LogP contribution >= 0.6 is 0 Å². The van der Waals surface area contributed by atoms with Crippen molar-refractivity contribution in [1.82, 2.24) is 15.1 Å². The number of rotatable bonds is 9. The molecule has 0 saturated carbocycles. The second kappa shape index (κ2) is 8.35. The number of nitrogens with one attached hydrogen (secondary N) is 1. The monoisotopic (exact) mass is 267 g/mol. The number of nitrogens with zero attached hydrogens (tertiary/aromatic N) is 2. The second-order valence-corrected chi connectivity index (χ2v) is 5.43. The topological polar surface area (TPSA) is 31.6 Å². The van der Waals surface area contributed by atoms with Crippen molar-refractivity contribution in [3.8, 4) is 0 Å². The van der Waals surface area contributed by atoms with Crippen molar-refractivity contribution in [2.75, 3.05) is 40.8 Å². The van der Waals surface area contributed by atoms with Gasteiger partial charge in [-0.3, -0.25) is 4.90 Å². The summed E-state index contributed by atoms with van der Waals surface area (Å²) < 4.78 is 5.92. The van der Waals surface area contributed by atoms with Crippen LogP contribution in [0.5, 0.6) is 0 Å². The van der Waals surface area contributed by atoms with E-state index in [1.165, 1.54) is 12.0 Å². The fraction of sp³-hybridized carbons (Fsp3) is 0.733. The minimum atomic E-state index is 0.803. The molecule has 0 spiro atoms. The molecule has 1 N–H and O–H groups in total. The van der Waals surface area contributed by atoms with Crippen LogP contribution in [0.15, 0.2) is 10.5 Å². The Kier molecular flexibility index (Phi) is 7.13. The highest BCUT2D eigenvalue weighted by atomic mass is 16.3. The summed E-state index contributed by atoms with van der Waals surface area (Å²) in [5.41, 5.74) is 1.24. The van der Waals surface area contributed by atoms with E-state index in [1.807, 2.05) is 7.05 Å². The van der Waals surface area contributed by atoms with Crippen LogP contribution in [0.3, 0.4) is 0 Å². The molecule has 19 heavy (non-hydrogen) atoms. The molecule has 0 atom stereocenters. The van der Waals surface area contributed by atoms with E-state index >= 15 is 0 Å². The van der Waals surface area contributed by atoms with Gasteiger partial charge in [0.2, 0.25) is 0 Å². The van der Waals surface area contributed by atoms with E-state index in [1.54, 1.807) is 0 Å². The Labute approximate surface area is 117 Å². The Morgan fingerprint density at radius 3 is 2.53 bits per heavy atom. The minimum absolute atomic E-state index is 0.803. The first-order valence-corrected chi connectivity index (χ1v) is 7.16. The van der Waals surface area contributed by atoms with Crippen LogP contribution in [0.4, 0.5) is 0 Å². The molecule has 0 saturated heterocycles. The summed E-state index contributed by atoms with van der Waals surface area (Å²) in [5, 5.41) is 3.14. The van der Waals surface area contributed by atoms with Gasteiger partial charge in [-0.15, -0.1) is 0 Å². The largest absolute Gasteiger partial charge is 0.463 e. The maximum atomic E-state index is 5.92. The normalized spacial score (nSPS) is 11.7. The van der Waals surface area contributed by atoms with Gasteiger partial charge < -0.3 is 14.6 Å². The van der Waals surface area contributed by atoms with Gasteiger partial charge in [-0.2, -0.15) is 0 Å². The van der Waals surface area contributed by atoms with Crippen LogP contribution in [0.1, 0.15) is 30.4 Å². The molecule has 1 rings (SSSR count). The van der Waals surface area contributed by atoms with E-state index in [9.17, 15) is 0 Å². The Hall–Kier alpha value is -0.840.